The molecule has 0 bridgehead atoms. The summed E-state index contributed by atoms with van der Waals surface area (Å²) in [5, 5.41) is 0.136. The highest BCUT2D eigenvalue weighted by molar-refractivity contribution is 6.24. The molecule has 0 radical (unpaired) electrons. The Kier molecular flexibility index (Phi) is 3.20. The summed E-state index contributed by atoms with van der Waals surface area (Å²) in [4.78, 5) is 11.0. The highest BCUT2D eigenvalue weighted by Gasteiger charge is 2.30. The zero-order valence-electron chi connectivity index (χ0n) is 6.52. The van der Waals surface area contributed by atoms with Gasteiger partial charge in [-0.2, -0.15) is 0 Å². The average molecular weight is 195 g/mol. The minimum Gasteiger partial charge on any atom is -0.300 e. The summed E-state index contributed by atoms with van der Waals surface area (Å²) in [6, 6.07) is 0. The maximum atomic E-state index is 11.0. The lowest BCUT2D eigenvalue weighted by Crippen LogP contribution is -2.30. The second kappa shape index (κ2) is 3.77. The van der Waals surface area contributed by atoms with E-state index in [0.717, 1.165) is 19.3 Å². The van der Waals surface area contributed by atoms with E-state index >= 15 is 0 Å². The summed E-state index contributed by atoms with van der Waals surface area (Å²) in [5.74, 6) is 0.250. The lowest BCUT2D eigenvalue weighted by atomic mass is 9.86. The Balaban J connectivity index is 2.50. The number of Topliss-reactive ketones (excluding diaryl/α,β-unsaturated/α-hetero) is 1. The van der Waals surface area contributed by atoms with E-state index in [1.54, 1.807) is 6.92 Å². The molecule has 1 aliphatic rings. The van der Waals surface area contributed by atoms with Crippen molar-refractivity contribution in [3.05, 3.63) is 0 Å². The SMILES string of the molecule is CC(=O)C1CCC(Cl)CC1Cl. The second-order valence-electron chi connectivity index (χ2n) is 3.14. The predicted octanol–water partition coefficient (Wildman–Crippen LogP) is 2.59. The van der Waals surface area contributed by atoms with Gasteiger partial charge in [-0.25, -0.2) is 0 Å². The number of carbonyl (C=O) groups is 1. The van der Waals surface area contributed by atoms with Gasteiger partial charge in [0.15, 0.2) is 0 Å². The fourth-order valence-corrected chi connectivity index (χ4v) is 2.45. The Hall–Kier alpha value is 0.250. The molecule has 64 valence electrons. The fourth-order valence-electron chi connectivity index (χ4n) is 1.53. The smallest absolute Gasteiger partial charge is 0.134 e. The van der Waals surface area contributed by atoms with Gasteiger partial charge in [-0.15, -0.1) is 23.2 Å². The molecule has 1 nitrogen and oxygen atoms in total. The standard InChI is InChI=1S/C8H12Cl2O/c1-5(11)7-3-2-6(9)4-8(7)10/h6-8H,2-4H2,1H3. The molecule has 0 aromatic rings. The quantitative estimate of drug-likeness (QED) is 0.587. The predicted molar refractivity (Wildman–Crippen MR) is 47.3 cm³/mol. The molecule has 0 amide bonds. The zero-order chi connectivity index (χ0) is 8.43. The van der Waals surface area contributed by atoms with Crippen molar-refractivity contribution < 1.29 is 4.79 Å². The maximum absolute atomic E-state index is 11.0. The molecule has 0 aromatic carbocycles. The van der Waals surface area contributed by atoms with Gasteiger partial charge in [-0.05, 0) is 26.2 Å². The van der Waals surface area contributed by atoms with Crippen LogP contribution in [0, 0.1) is 5.92 Å². The van der Waals surface area contributed by atoms with Crippen LogP contribution in [-0.4, -0.2) is 16.5 Å². The number of hydrogen-bond acceptors (Lipinski definition) is 1. The van der Waals surface area contributed by atoms with Crippen LogP contribution in [0.25, 0.3) is 0 Å². The van der Waals surface area contributed by atoms with Crippen molar-refractivity contribution in [2.45, 2.75) is 36.9 Å². The van der Waals surface area contributed by atoms with Gasteiger partial charge >= 0.3 is 0 Å². The molecule has 0 aliphatic heterocycles. The van der Waals surface area contributed by atoms with Crippen molar-refractivity contribution in [3.63, 3.8) is 0 Å². The summed E-state index contributed by atoms with van der Waals surface area (Å²) in [5.41, 5.74) is 0. The topological polar surface area (TPSA) is 17.1 Å². The number of ketones is 1. The molecule has 3 atom stereocenters. The van der Waals surface area contributed by atoms with Crippen molar-refractivity contribution in [2.75, 3.05) is 0 Å². The minimum atomic E-state index is -0.0382. The van der Waals surface area contributed by atoms with Gasteiger partial charge in [-0.1, -0.05) is 0 Å². The third kappa shape index (κ3) is 2.34. The molecule has 0 heterocycles. The van der Waals surface area contributed by atoms with Crippen LogP contribution in [0.2, 0.25) is 0 Å². The van der Waals surface area contributed by atoms with Crippen molar-refractivity contribution in [1.29, 1.82) is 0 Å². The molecule has 1 fully saturated rings. The first kappa shape index (κ1) is 9.34. The van der Waals surface area contributed by atoms with Crippen molar-refractivity contribution in [3.8, 4) is 0 Å². The van der Waals surface area contributed by atoms with Crippen LogP contribution in [0.3, 0.4) is 0 Å². The number of alkyl halides is 2. The van der Waals surface area contributed by atoms with Crippen LogP contribution in [-0.2, 0) is 4.79 Å². The summed E-state index contributed by atoms with van der Waals surface area (Å²) >= 11 is 11.9. The number of carbonyl (C=O) groups excluding carboxylic acids is 1. The first-order valence-corrected chi connectivity index (χ1v) is 4.77. The van der Waals surface area contributed by atoms with Gasteiger partial charge in [-0.3, -0.25) is 4.79 Å². The van der Waals surface area contributed by atoms with E-state index in [9.17, 15) is 4.79 Å². The van der Waals surface area contributed by atoms with Gasteiger partial charge in [0.25, 0.3) is 0 Å². The van der Waals surface area contributed by atoms with E-state index in [0.29, 0.717) is 0 Å². The second-order valence-corrected chi connectivity index (χ2v) is 4.32. The summed E-state index contributed by atoms with van der Waals surface area (Å²) < 4.78 is 0. The van der Waals surface area contributed by atoms with E-state index in [-0.39, 0.29) is 22.5 Å². The molecule has 0 spiro atoms. The van der Waals surface area contributed by atoms with Crippen molar-refractivity contribution in [1.82, 2.24) is 0 Å². The maximum Gasteiger partial charge on any atom is 0.134 e. The van der Waals surface area contributed by atoms with Gasteiger partial charge in [0.1, 0.15) is 5.78 Å². The van der Waals surface area contributed by atoms with Crippen LogP contribution < -0.4 is 0 Å². The summed E-state index contributed by atoms with van der Waals surface area (Å²) in [6.07, 6.45) is 2.56. The molecule has 3 heteroatoms. The molecule has 1 saturated carbocycles. The third-order valence-electron chi connectivity index (χ3n) is 2.23. The van der Waals surface area contributed by atoms with E-state index in [2.05, 4.69) is 0 Å². The molecule has 11 heavy (non-hydrogen) atoms. The molecule has 1 aliphatic carbocycles. The van der Waals surface area contributed by atoms with E-state index in [4.69, 9.17) is 23.2 Å². The number of hydrogen-bond donors (Lipinski definition) is 0. The van der Waals surface area contributed by atoms with Crippen molar-refractivity contribution in [2.24, 2.45) is 5.92 Å². The average Bonchev–Trinajstić information content (AvgIpc) is 1.85. The highest BCUT2D eigenvalue weighted by atomic mass is 35.5. The van der Waals surface area contributed by atoms with E-state index in [1.807, 2.05) is 0 Å². The Morgan fingerprint density at radius 2 is 2.00 bits per heavy atom. The largest absolute Gasteiger partial charge is 0.300 e. The molecule has 3 unspecified atom stereocenters. The molecular formula is C8H12Cl2O. The van der Waals surface area contributed by atoms with Crippen LogP contribution in [0.1, 0.15) is 26.2 Å². The highest BCUT2D eigenvalue weighted by Crippen LogP contribution is 2.32. The Morgan fingerprint density at radius 3 is 2.45 bits per heavy atom. The van der Waals surface area contributed by atoms with Crippen LogP contribution in [0.4, 0.5) is 0 Å². The monoisotopic (exact) mass is 194 g/mol. The minimum absolute atomic E-state index is 0.0382. The first-order valence-electron chi connectivity index (χ1n) is 3.90. The fraction of sp³-hybridized carbons (Fsp3) is 0.875. The number of rotatable bonds is 1. The van der Waals surface area contributed by atoms with Gasteiger partial charge in [0, 0.05) is 16.7 Å². The molecule has 0 aromatic heterocycles. The Morgan fingerprint density at radius 1 is 1.36 bits per heavy atom. The third-order valence-corrected chi connectivity index (χ3v) is 3.11. The van der Waals surface area contributed by atoms with E-state index < -0.39 is 0 Å². The molecule has 0 saturated heterocycles. The van der Waals surface area contributed by atoms with Crippen LogP contribution in [0.5, 0.6) is 0 Å². The van der Waals surface area contributed by atoms with Gasteiger partial charge in [0.2, 0.25) is 0 Å². The lowest BCUT2D eigenvalue weighted by molar-refractivity contribution is -0.121. The van der Waals surface area contributed by atoms with Crippen molar-refractivity contribution >= 4 is 29.0 Å². The summed E-state index contributed by atoms with van der Waals surface area (Å²) in [6.45, 7) is 1.61. The molecular weight excluding hydrogens is 183 g/mol. The lowest BCUT2D eigenvalue weighted by Gasteiger charge is -2.27. The van der Waals surface area contributed by atoms with E-state index in [1.165, 1.54) is 0 Å². The summed E-state index contributed by atoms with van der Waals surface area (Å²) in [7, 11) is 0. The zero-order valence-corrected chi connectivity index (χ0v) is 8.03. The Bertz CT molecular complexity index is 158. The normalized spacial score (nSPS) is 38.6. The van der Waals surface area contributed by atoms with Crippen LogP contribution in [0.15, 0.2) is 0 Å². The van der Waals surface area contributed by atoms with Gasteiger partial charge in [0.05, 0.1) is 0 Å². The first-order chi connectivity index (χ1) is 5.11. The number of halogens is 2. The molecule has 0 N–H and O–H groups in total. The van der Waals surface area contributed by atoms with Gasteiger partial charge < -0.3 is 0 Å². The Labute approximate surface area is 77.1 Å². The molecule has 1 rings (SSSR count). The van der Waals surface area contributed by atoms with Crippen LogP contribution >= 0.6 is 23.2 Å².